The Morgan fingerprint density at radius 3 is 2.62 bits per heavy atom. The Morgan fingerprint density at radius 1 is 1.44 bits per heavy atom. The molecule has 0 bridgehead atoms. The molecule has 0 spiro atoms. The zero-order valence-corrected chi connectivity index (χ0v) is 10.1. The van der Waals surface area contributed by atoms with Gasteiger partial charge in [0.15, 0.2) is 5.78 Å². The number of allylic oxidation sites excluding steroid dienone is 1. The van der Waals surface area contributed by atoms with Gasteiger partial charge in [0, 0.05) is 12.8 Å². The van der Waals surface area contributed by atoms with Gasteiger partial charge in [0.2, 0.25) is 0 Å². The number of carbonyl (C=O) groups excluding carboxylic acids is 2. The predicted octanol–water partition coefficient (Wildman–Crippen LogP) is 2.03. The lowest BCUT2D eigenvalue weighted by Gasteiger charge is -2.26. The van der Waals surface area contributed by atoms with Crippen LogP contribution in [-0.2, 0) is 9.59 Å². The van der Waals surface area contributed by atoms with Gasteiger partial charge in [0.1, 0.15) is 5.78 Å². The van der Waals surface area contributed by atoms with Gasteiger partial charge in [-0.25, -0.2) is 0 Å². The van der Waals surface area contributed by atoms with Crippen LogP contribution >= 0.6 is 0 Å². The smallest absolute Gasteiger partial charge is 0.155 e. The summed E-state index contributed by atoms with van der Waals surface area (Å²) in [5.41, 5.74) is 1.56. The number of hydrogen-bond acceptors (Lipinski definition) is 3. The zero-order valence-electron chi connectivity index (χ0n) is 10.1. The predicted molar refractivity (Wildman–Crippen MR) is 62.0 cm³/mol. The largest absolute Gasteiger partial charge is 0.392 e. The van der Waals surface area contributed by atoms with Gasteiger partial charge in [-0.05, 0) is 43.3 Å². The minimum atomic E-state index is -0.0867. The van der Waals surface area contributed by atoms with Crippen molar-refractivity contribution in [3.05, 3.63) is 11.1 Å². The maximum atomic E-state index is 11.4. The second kappa shape index (κ2) is 5.94. The van der Waals surface area contributed by atoms with Crippen LogP contribution in [0.25, 0.3) is 0 Å². The van der Waals surface area contributed by atoms with Gasteiger partial charge in [0.25, 0.3) is 0 Å². The van der Waals surface area contributed by atoms with E-state index in [1.54, 1.807) is 0 Å². The number of carbonyl (C=O) groups is 2. The van der Waals surface area contributed by atoms with Crippen LogP contribution in [0.3, 0.4) is 0 Å². The molecule has 0 aliphatic heterocycles. The highest BCUT2D eigenvalue weighted by Gasteiger charge is 2.25. The van der Waals surface area contributed by atoms with Crippen molar-refractivity contribution >= 4 is 11.6 Å². The molecular formula is C13H20O3. The lowest BCUT2D eigenvalue weighted by molar-refractivity contribution is -0.119. The van der Waals surface area contributed by atoms with E-state index in [0.29, 0.717) is 12.8 Å². The van der Waals surface area contributed by atoms with E-state index < -0.39 is 0 Å². The molecule has 0 aromatic carbocycles. The summed E-state index contributed by atoms with van der Waals surface area (Å²) in [6, 6.07) is 0. The minimum absolute atomic E-state index is 0.0395. The summed E-state index contributed by atoms with van der Waals surface area (Å²) in [5, 5.41) is 9.34. The maximum Gasteiger partial charge on any atom is 0.155 e. The Labute approximate surface area is 96.5 Å². The van der Waals surface area contributed by atoms with Crippen molar-refractivity contribution in [2.45, 2.75) is 46.0 Å². The molecule has 1 rings (SSSR count). The Morgan fingerprint density at radius 2 is 2.12 bits per heavy atom. The first-order valence-electron chi connectivity index (χ1n) is 5.95. The summed E-state index contributed by atoms with van der Waals surface area (Å²) in [6.45, 7) is 3.30. The van der Waals surface area contributed by atoms with Gasteiger partial charge in [-0.1, -0.05) is 6.92 Å². The average molecular weight is 224 g/mol. The van der Waals surface area contributed by atoms with Crippen molar-refractivity contribution in [1.82, 2.24) is 0 Å². The van der Waals surface area contributed by atoms with Gasteiger partial charge >= 0.3 is 0 Å². The molecule has 0 fully saturated rings. The summed E-state index contributed by atoms with van der Waals surface area (Å²) in [4.78, 5) is 22.8. The molecule has 0 saturated heterocycles. The third-order valence-corrected chi connectivity index (χ3v) is 3.32. The van der Waals surface area contributed by atoms with E-state index in [0.717, 1.165) is 30.4 Å². The molecule has 0 unspecified atom stereocenters. The molecule has 1 aliphatic carbocycles. The number of ketones is 2. The topological polar surface area (TPSA) is 54.4 Å². The second-order valence-electron chi connectivity index (χ2n) is 4.40. The number of aliphatic hydroxyl groups excluding tert-OH is 1. The average Bonchev–Trinajstić information content (AvgIpc) is 2.28. The standard InChI is InChI=1S/C13H20O3/c1-3-11(16)7-10-5-4-6-12(9(2)15)13(10)8-14/h10,14H,3-8H2,1-2H3/t10-/m0/s1. The van der Waals surface area contributed by atoms with Crippen molar-refractivity contribution in [2.24, 2.45) is 5.92 Å². The van der Waals surface area contributed by atoms with Crippen molar-refractivity contribution in [1.29, 1.82) is 0 Å². The third-order valence-electron chi connectivity index (χ3n) is 3.32. The van der Waals surface area contributed by atoms with Crippen LogP contribution < -0.4 is 0 Å². The molecule has 3 nitrogen and oxygen atoms in total. The van der Waals surface area contributed by atoms with Crippen LogP contribution in [0.5, 0.6) is 0 Å². The first-order chi connectivity index (χ1) is 7.60. The molecule has 16 heavy (non-hydrogen) atoms. The Balaban J connectivity index is 2.88. The van der Waals surface area contributed by atoms with Gasteiger partial charge in [-0.15, -0.1) is 0 Å². The van der Waals surface area contributed by atoms with Crippen LogP contribution in [0.1, 0.15) is 46.0 Å². The van der Waals surface area contributed by atoms with Gasteiger partial charge in [0.05, 0.1) is 6.61 Å². The van der Waals surface area contributed by atoms with Gasteiger partial charge in [-0.3, -0.25) is 9.59 Å². The van der Waals surface area contributed by atoms with Crippen molar-refractivity contribution in [3.63, 3.8) is 0 Å². The molecule has 0 aromatic heterocycles. The molecule has 0 heterocycles. The number of Topliss-reactive ketones (excluding diaryl/α,β-unsaturated/α-hetero) is 2. The normalized spacial score (nSPS) is 21.1. The summed E-state index contributed by atoms with van der Waals surface area (Å²) < 4.78 is 0. The van der Waals surface area contributed by atoms with Crippen molar-refractivity contribution in [3.8, 4) is 0 Å². The fourth-order valence-electron chi connectivity index (χ4n) is 2.38. The summed E-state index contributed by atoms with van der Waals surface area (Å²) >= 11 is 0. The lowest BCUT2D eigenvalue weighted by Crippen LogP contribution is -2.21. The highest BCUT2D eigenvalue weighted by atomic mass is 16.3. The van der Waals surface area contributed by atoms with E-state index in [2.05, 4.69) is 0 Å². The van der Waals surface area contributed by atoms with Crippen molar-refractivity contribution < 1.29 is 14.7 Å². The van der Waals surface area contributed by atoms with Crippen LogP contribution in [-0.4, -0.2) is 23.3 Å². The van der Waals surface area contributed by atoms with E-state index in [1.165, 1.54) is 6.92 Å². The summed E-state index contributed by atoms with van der Waals surface area (Å²) in [5.74, 6) is 0.337. The molecule has 1 atom stereocenters. The second-order valence-corrected chi connectivity index (χ2v) is 4.40. The first-order valence-corrected chi connectivity index (χ1v) is 5.95. The van der Waals surface area contributed by atoms with E-state index in [9.17, 15) is 14.7 Å². The number of rotatable bonds is 5. The molecule has 1 aliphatic rings. The molecule has 1 N–H and O–H groups in total. The Hall–Kier alpha value is -0.960. The van der Waals surface area contributed by atoms with Gasteiger partial charge < -0.3 is 5.11 Å². The van der Waals surface area contributed by atoms with E-state index in [-0.39, 0.29) is 24.1 Å². The molecule has 0 aromatic rings. The molecule has 0 saturated carbocycles. The van der Waals surface area contributed by atoms with E-state index in [1.807, 2.05) is 6.92 Å². The number of aliphatic hydroxyl groups is 1. The quantitative estimate of drug-likeness (QED) is 0.777. The molecular weight excluding hydrogens is 204 g/mol. The Kier molecular flexibility index (Phi) is 4.87. The lowest BCUT2D eigenvalue weighted by atomic mass is 9.79. The fraction of sp³-hybridized carbons (Fsp3) is 0.692. The SMILES string of the molecule is CCC(=O)C[C@@H]1CCCC(C(C)=O)=C1CO. The molecule has 90 valence electrons. The minimum Gasteiger partial charge on any atom is -0.392 e. The highest BCUT2D eigenvalue weighted by molar-refractivity contribution is 5.94. The molecule has 0 radical (unpaired) electrons. The fourth-order valence-corrected chi connectivity index (χ4v) is 2.38. The molecule has 3 heteroatoms. The van der Waals surface area contributed by atoms with Crippen LogP contribution in [0, 0.1) is 5.92 Å². The zero-order chi connectivity index (χ0) is 12.1. The first kappa shape index (κ1) is 13.1. The van der Waals surface area contributed by atoms with Crippen LogP contribution in [0.2, 0.25) is 0 Å². The summed E-state index contributed by atoms with van der Waals surface area (Å²) in [7, 11) is 0. The van der Waals surface area contributed by atoms with Crippen LogP contribution in [0.15, 0.2) is 11.1 Å². The summed E-state index contributed by atoms with van der Waals surface area (Å²) in [6.07, 6.45) is 3.62. The van der Waals surface area contributed by atoms with E-state index in [4.69, 9.17) is 0 Å². The highest BCUT2D eigenvalue weighted by Crippen LogP contribution is 2.32. The number of hydrogen-bond donors (Lipinski definition) is 1. The Bertz CT molecular complexity index is 315. The van der Waals surface area contributed by atoms with E-state index >= 15 is 0 Å². The molecule has 0 amide bonds. The maximum absolute atomic E-state index is 11.4. The van der Waals surface area contributed by atoms with Gasteiger partial charge in [-0.2, -0.15) is 0 Å². The third kappa shape index (κ3) is 3.01. The monoisotopic (exact) mass is 224 g/mol. The van der Waals surface area contributed by atoms with Crippen molar-refractivity contribution in [2.75, 3.05) is 6.61 Å². The van der Waals surface area contributed by atoms with Crippen LogP contribution in [0.4, 0.5) is 0 Å².